The van der Waals surface area contributed by atoms with Crippen molar-refractivity contribution in [2.75, 3.05) is 20.8 Å². The summed E-state index contributed by atoms with van der Waals surface area (Å²) in [4.78, 5) is 28.3. The minimum absolute atomic E-state index is 0.0177. The highest BCUT2D eigenvalue weighted by atomic mass is 32.1. The van der Waals surface area contributed by atoms with Crippen molar-refractivity contribution in [3.63, 3.8) is 0 Å². The van der Waals surface area contributed by atoms with Gasteiger partial charge in [-0.05, 0) is 48.1 Å². The van der Waals surface area contributed by atoms with Gasteiger partial charge in [0.15, 0.2) is 11.5 Å². The second kappa shape index (κ2) is 8.65. The van der Waals surface area contributed by atoms with Gasteiger partial charge >= 0.3 is 4.87 Å². The van der Waals surface area contributed by atoms with Gasteiger partial charge in [0.1, 0.15) is 0 Å². The molecule has 4 rings (SSSR count). The van der Waals surface area contributed by atoms with E-state index in [2.05, 4.69) is 6.07 Å². The van der Waals surface area contributed by atoms with E-state index in [1.165, 1.54) is 16.9 Å². The standard InChI is InChI=1S/C22H24N2O4S2/c1-14-13-30-22(26)23(14)9-7-20(25)24-8-6-15-11-17(27-2)18(28-3)12-16(15)21(24)19-5-4-10-29-19/h4-5,10-13,21H,6-9H2,1-3H3. The number of thiazole rings is 1. The fraction of sp³-hybridized carbons (Fsp3) is 0.364. The molecule has 158 valence electrons. The lowest BCUT2D eigenvalue weighted by atomic mass is 9.90. The fourth-order valence-electron chi connectivity index (χ4n) is 3.99. The number of amides is 1. The highest BCUT2D eigenvalue weighted by Gasteiger charge is 2.33. The lowest BCUT2D eigenvalue weighted by Gasteiger charge is -2.37. The van der Waals surface area contributed by atoms with Crippen molar-refractivity contribution in [1.29, 1.82) is 0 Å². The van der Waals surface area contributed by atoms with E-state index in [1.54, 1.807) is 30.1 Å². The summed E-state index contributed by atoms with van der Waals surface area (Å²) in [7, 11) is 3.26. The maximum atomic E-state index is 13.3. The van der Waals surface area contributed by atoms with E-state index in [9.17, 15) is 9.59 Å². The van der Waals surface area contributed by atoms with Crippen LogP contribution in [0.5, 0.6) is 11.5 Å². The summed E-state index contributed by atoms with van der Waals surface area (Å²) in [5, 5.41) is 3.86. The number of ether oxygens (including phenoxy) is 2. The smallest absolute Gasteiger partial charge is 0.307 e. The topological polar surface area (TPSA) is 60.8 Å². The molecule has 0 fully saturated rings. The zero-order chi connectivity index (χ0) is 21.3. The molecule has 6 nitrogen and oxygen atoms in total. The highest BCUT2D eigenvalue weighted by Crippen LogP contribution is 2.42. The molecular weight excluding hydrogens is 420 g/mol. The molecule has 1 aliphatic rings. The predicted octanol–water partition coefficient (Wildman–Crippen LogP) is 3.86. The molecule has 0 bridgehead atoms. The van der Waals surface area contributed by atoms with Gasteiger partial charge in [0.2, 0.25) is 5.91 Å². The second-order valence-electron chi connectivity index (χ2n) is 7.21. The maximum absolute atomic E-state index is 13.3. The van der Waals surface area contributed by atoms with Crippen LogP contribution in [-0.2, 0) is 17.8 Å². The maximum Gasteiger partial charge on any atom is 0.307 e. The minimum atomic E-state index is -0.165. The molecular formula is C22H24N2O4S2. The Labute approximate surface area is 183 Å². The van der Waals surface area contributed by atoms with Crippen LogP contribution in [0.2, 0.25) is 0 Å². The van der Waals surface area contributed by atoms with Crippen LogP contribution in [0.3, 0.4) is 0 Å². The third-order valence-electron chi connectivity index (χ3n) is 5.53. The van der Waals surface area contributed by atoms with Gasteiger partial charge in [-0.2, -0.15) is 0 Å². The first-order valence-electron chi connectivity index (χ1n) is 9.76. The monoisotopic (exact) mass is 444 g/mol. The average Bonchev–Trinajstić information content (AvgIpc) is 3.40. The van der Waals surface area contributed by atoms with Gasteiger partial charge in [-0.3, -0.25) is 9.59 Å². The van der Waals surface area contributed by atoms with Gasteiger partial charge in [-0.25, -0.2) is 0 Å². The van der Waals surface area contributed by atoms with Crippen LogP contribution in [-0.4, -0.2) is 36.1 Å². The lowest BCUT2D eigenvalue weighted by Crippen LogP contribution is -2.41. The highest BCUT2D eigenvalue weighted by molar-refractivity contribution is 7.10. The molecule has 0 saturated carbocycles. The number of nitrogens with zero attached hydrogens (tertiary/aromatic N) is 2. The Morgan fingerprint density at radius 1 is 1.20 bits per heavy atom. The normalized spacial score (nSPS) is 15.7. The van der Waals surface area contributed by atoms with E-state index in [0.717, 1.165) is 22.6 Å². The van der Waals surface area contributed by atoms with Crippen molar-refractivity contribution in [3.05, 3.63) is 66.4 Å². The zero-order valence-electron chi connectivity index (χ0n) is 17.2. The van der Waals surface area contributed by atoms with Crippen molar-refractivity contribution in [1.82, 2.24) is 9.47 Å². The fourth-order valence-corrected chi connectivity index (χ4v) is 5.61. The van der Waals surface area contributed by atoms with Crippen LogP contribution in [0, 0.1) is 6.92 Å². The molecule has 2 aromatic heterocycles. The van der Waals surface area contributed by atoms with Gasteiger partial charge in [0.05, 0.1) is 20.3 Å². The van der Waals surface area contributed by atoms with Crippen LogP contribution in [0.4, 0.5) is 0 Å². The average molecular weight is 445 g/mol. The summed E-state index contributed by atoms with van der Waals surface area (Å²) in [6, 6.07) is 7.92. The van der Waals surface area contributed by atoms with Gasteiger partial charge < -0.3 is 18.9 Å². The van der Waals surface area contributed by atoms with Crippen LogP contribution in [0.15, 0.2) is 39.8 Å². The predicted molar refractivity (Wildman–Crippen MR) is 119 cm³/mol. The molecule has 0 radical (unpaired) electrons. The van der Waals surface area contributed by atoms with Crippen LogP contribution >= 0.6 is 22.7 Å². The number of aromatic nitrogens is 1. The lowest BCUT2D eigenvalue weighted by molar-refractivity contribution is -0.133. The Kier molecular flexibility index (Phi) is 5.97. The number of methoxy groups -OCH3 is 2. The summed E-state index contributed by atoms with van der Waals surface area (Å²) in [5.41, 5.74) is 3.13. The molecule has 1 amide bonds. The Balaban J connectivity index is 1.67. The number of thiophene rings is 1. The third-order valence-corrected chi connectivity index (χ3v) is 7.34. The number of hydrogen-bond acceptors (Lipinski definition) is 6. The molecule has 3 aromatic rings. The van der Waals surface area contributed by atoms with Crippen LogP contribution in [0.1, 0.15) is 34.2 Å². The van der Waals surface area contributed by atoms with Gasteiger partial charge in [-0.15, -0.1) is 11.3 Å². The second-order valence-corrected chi connectivity index (χ2v) is 9.01. The molecule has 1 aliphatic heterocycles. The minimum Gasteiger partial charge on any atom is -0.493 e. The molecule has 0 aliphatic carbocycles. The number of benzene rings is 1. The van der Waals surface area contributed by atoms with Gasteiger partial charge in [0, 0.05) is 35.5 Å². The summed E-state index contributed by atoms with van der Waals surface area (Å²) >= 11 is 2.81. The molecule has 1 atom stereocenters. The molecule has 0 spiro atoms. The van der Waals surface area contributed by atoms with E-state index >= 15 is 0 Å². The number of rotatable bonds is 6. The molecule has 1 unspecified atom stereocenters. The van der Waals surface area contributed by atoms with Crippen LogP contribution in [0.25, 0.3) is 0 Å². The number of carbonyl (C=O) groups excluding carboxylic acids is 1. The zero-order valence-corrected chi connectivity index (χ0v) is 18.8. The summed E-state index contributed by atoms with van der Waals surface area (Å²) < 4.78 is 12.7. The van der Waals surface area contributed by atoms with Crippen molar-refractivity contribution < 1.29 is 14.3 Å². The Hall–Kier alpha value is -2.58. The Morgan fingerprint density at radius 3 is 2.60 bits per heavy atom. The van der Waals surface area contributed by atoms with Crippen LogP contribution < -0.4 is 14.3 Å². The van der Waals surface area contributed by atoms with E-state index < -0.39 is 0 Å². The number of aryl methyl sites for hydroxylation is 1. The van der Waals surface area contributed by atoms with Crippen molar-refractivity contribution in [2.24, 2.45) is 0 Å². The molecule has 1 aromatic carbocycles. The first-order valence-corrected chi connectivity index (χ1v) is 11.5. The molecule has 8 heteroatoms. The Bertz CT molecular complexity index is 1100. The molecule has 30 heavy (non-hydrogen) atoms. The number of fused-ring (bicyclic) bond motifs is 1. The van der Waals surface area contributed by atoms with E-state index in [1.807, 2.05) is 40.8 Å². The van der Waals surface area contributed by atoms with Crippen molar-refractivity contribution >= 4 is 28.6 Å². The molecule has 0 saturated heterocycles. The number of carbonyl (C=O) groups is 1. The molecule has 3 heterocycles. The van der Waals surface area contributed by atoms with E-state index in [0.29, 0.717) is 31.0 Å². The summed E-state index contributed by atoms with van der Waals surface area (Å²) in [6.07, 6.45) is 1.04. The van der Waals surface area contributed by atoms with Crippen molar-refractivity contribution in [3.8, 4) is 11.5 Å². The quantitative estimate of drug-likeness (QED) is 0.579. The first-order chi connectivity index (χ1) is 14.5. The van der Waals surface area contributed by atoms with E-state index in [4.69, 9.17) is 9.47 Å². The molecule has 0 N–H and O–H groups in total. The largest absolute Gasteiger partial charge is 0.493 e. The third kappa shape index (κ3) is 3.77. The van der Waals surface area contributed by atoms with Gasteiger partial charge in [0.25, 0.3) is 0 Å². The number of hydrogen-bond donors (Lipinski definition) is 0. The SMILES string of the molecule is COc1cc2c(cc1OC)C(c1cccs1)N(C(=O)CCn1c(C)csc1=O)CC2. The van der Waals surface area contributed by atoms with E-state index in [-0.39, 0.29) is 16.8 Å². The summed E-state index contributed by atoms with van der Waals surface area (Å²) in [5.74, 6) is 1.41. The summed E-state index contributed by atoms with van der Waals surface area (Å²) in [6.45, 7) is 2.93. The Morgan fingerprint density at radius 2 is 1.97 bits per heavy atom. The van der Waals surface area contributed by atoms with Crippen molar-refractivity contribution in [2.45, 2.75) is 32.4 Å². The van der Waals surface area contributed by atoms with Gasteiger partial charge in [-0.1, -0.05) is 17.4 Å². The first kappa shape index (κ1) is 20.7.